The van der Waals surface area contributed by atoms with E-state index < -0.39 is 10.0 Å². The first-order chi connectivity index (χ1) is 11.4. The summed E-state index contributed by atoms with van der Waals surface area (Å²) in [5.74, 6) is 0.361. The molecule has 0 atom stereocenters. The Labute approximate surface area is 145 Å². The van der Waals surface area contributed by atoms with Crippen LogP contribution in [0.3, 0.4) is 0 Å². The molecule has 1 heterocycles. The molecule has 134 valence electrons. The van der Waals surface area contributed by atoms with Gasteiger partial charge in [-0.15, -0.1) is 0 Å². The van der Waals surface area contributed by atoms with E-state index >= 15 is 0 Å². The molecule has 0 spiro atoms. The lowest BCUT2D eigenvalue weighted by atomic mass is 10.0. The van der Waals surface area contributed by atoms with Gasteiger partial charge in [0.2, 0.25) is 10.0 Å². The van der Waals surface area contributed by atoms with Gasteiger partial charge in [0.25, 0.3) is 5.91 Å². The van der Waals surface area contributed by atoms with Crippen molar-refractivity contribution in [3.8, 4) is 0 Å². The lowest BCUT2D eigenvalue weighted by molar-refractivity contribution is 0.0952. The van der Waals surface area contributed by atoms with Crippen LogP contribution in [0.2, 0.25) is 0 Å². The number of hydrogen-bond acceptors (Lipinski definition) is 3. The third-order valence-corrected chi connectivity index (χ3v) is 6.54. The van der Waals surface area contributed by atoms with Crippen molar-refractivity contribution >= 4 is 15.9 Å². The molecule has 6 heteroatoms. The van der Waals surface area contributed by atoms with Gasteiger partial charge in [0.05, 0.1) is 4.90 Å². The number of aryl methyl sites for hydroxylation is 1. The van der Waals surface area contributed by atoms with Crippen LogP contribution in [0.25, 0.3) is 0 Å². The molecular formula is C18H28N2O3S. The molecule has 2 rings (SSSR count). The monoisotopic (exact) mass is 352 g/mol. The van der Waals surface area contributed by atoms with E-state index in [1.807, 2.05) is 6.92 Å². The van der Waals surface area contributed by atoms with Gasteiger partial charge in [0.1, 0.15) is 0 Å². The van der Waals surface area contributed by atoms with E-state index in [1.54, 1.807) is 12.1 Å². The number of unbranched alkanes of at least 4 members (excludes halogenated alkanes) is 1. The van der Waals surface area contributed by atoms with Gasteiger partial charge < -0.3 is 5.32 Å². The second-order valence-corrected chi connectivity index (χ2v) is 8.61. The van der Waals surface area contributed by atoms with E-state index in [4.69, 9.17) is 0 Å². The van der Waals surface area contributed by atoms with E-state index in [2.05, 4.69) is 19.2 Å². The number of amides is 1. The van der Waals surface area contributed by atoms with Crippen LogP contribution in [0.5, 0.6) is 0 Å². The number of carbonyl (C=O) groups excluding carboxylic acids is 1. The number of carbonyl (C=O) groups is 1. The summed E-state index contributed by atoms with van der Waals surface area (Å²) in [4.78, 5) is 12.5. The van der Waals surface area contributed by atoms with Crippen LogP contribution >= 0.6 is 0 Å². The van der Waals surface area contributed by atoms with Gasteiger partial charge in [-0.25, -0.2) is 8.42 Å². The summed E-state index contributed by atoms with van der Waals surface area (Å²) in [7, 11) is -3.53. The SMILES string of the molecule is CCCCNC(=O)c1cc(S(=O)(=O)N2CCC(C)CC2)ccc1C. The summed E-state index contributed by atoms with van der Waals surface area (Å²) in [6.45, 7) is 7.74. The highest BCUT2D eigenvalue weighted by Crippen LogP contribution is 2.24. The van der Waals surface area contributed by atoms with Crippen molar-refractivity contribution in [2.24, 2.45) is 5.92 Å². The van der Waals surface area contributed by atoms with Crippen molar-refractivity contribution in [2.45, 2.75) is 51.3 Å². The minimum absolute atomic E-state index is 0.203. The van der Waals surface area contributed by atoms with E-state index in [0.29, 0.717) is 31.1 Å². The standard InChI is InChI=1S/C18H28N2O3S/c1-4-5-10-19-18(21)17-13-16(7-6-15(17)3)24(22,23)20-11-8-14(2)9-12-20/h6-7,13-14H,4-5,8-12H2,1-3H3,(H,19,21). The van der Waals surface area contributed by atoms with Crippen molar-refractivity contribution in [1.29, 1.82) is 0 Å². The van der Waals surface area contributed by atoms with Crippen LogP contribution in [0.1, 0.15) is 55.5 Å². The van der Waals surface area contributed by atoms with Crippen molar-refractivity contribution in [3.63, 3.8) is 0 Å². The quantitative estimate of drug-likeness (QED) is 0.801. The average molecular weight is 353 g/mol. The van der Waals surface area contributed by atoms with E-state index in [1.165, 1.54) is 10.4 Å². The molecule has 0 bridgehead atoms. The van der Waals surface area contributed by atoms with Gasteiger partial charge in [-0.05, 0) is 49.8 Å². The molecule has 1 N–H and O–H groups in total. The molecule has 1 amide bonds. The average Bonchev–Trinajstić information content (AvgIpc) is 2.55. The third kappa shape index (κ3) is 4.36. The van der Waals surface area contributed by atoms with Gasteiger partial charge in [-0.1, -0.05) is 26.3 Å². The number of piperidine rings is 1. The molecule has 1 aromatic rings. The summed E-state index contributed by atoms with van der Waals surface area (Å²) < 4.78 is 27.2. The van der Waals surface area contributed by atoms with Crippen LogP contribution in [0.15, 0.2) is 23.1 Å². The zero-order valence-corrected chi connectivity index (χ0v) is 15.7. The minimum atomic E-state index is -3.53. The molecule has 5 nitrogen and oxygen atoms in total. The van der Waals surface area contributed by atoms with Crippen LogP contribution in [-0.2, 0) is 10.0 Å². The van der Waals surface area contributed by atoms with E-state index in [-0.39, 0.29) is 10.8 Å². The number of nitrogens with zero attached hydrogens (tertiary/aromatic N) is 1. The lowest BCUT2D eigenvalue weighted by Crippen LogP contribution is -2.38. The third-order valence-electron chi connectivity index (χ3n) is 4.65. The molecule has 1 aromatic carbocycles. The van der Waals surface area contributed by atoms with Gasteiger partial charge in [-0.3, -0.25) is 4.79 Å². The number of rotatable bonds is 6. The normalized spacial score (nSPS) is 17.0. The molecule has 1 aliphatic rings. The highest BCUT2D eigenvalue weighted by atomic mass is 32.2. The molecule has 1 aliphatic heterocycles. The summed E-state index contributed by atoms with van der Waals surface area (Å²) in [6.07, 6.45) is 3.68. The molecular weight excluding hydrogens is 324 g/mol. The van der Waals surface area contributed by atoms with Crippen LogP contribution < -0.4 is 5.32 Å². The minimum Gasteiger partial charge on any atom is -0.352 e. The van der Waals surface area contributed by atoms with Gasteiger partial charge in [0, 0.05) is 25.2 Å². The maximum Gasteiger partial charge on any atom is 0.251 e. The number of hydrogen-bond donors (Lipinski definition) is 1. The van der Waals surface area contributed by atoms with Gasteiger partial charge in [-0.2, -0.15) is 4.31 Å². The maximum absolute atomic E-state index is 12.8. The first-order valence-electron chi connectivity index (χ1n) is 8.75. The smallest absolute Gasteiger partial charge is 0.251 e. The highest BCUT2D eigenvalue weighted by molar-refractivity contribution is 7.89. The van der Waals surface area contributed by atoms with Gasteiger partial charge in [0.15, 0.2) is 0 Å². The Hall–Kier alpha value is -1.40. The predicted octanol–water partition coefficient (Wildman–Crippen LogP) is 2.95. The molecule has 0 unspecified atom stereocenters. The Bertz CT molecular complexity index is 678. The Morgan fingerprint density at radius 1 is 1.29 bits per heavy atom. The maximum atomic E-state index is 12.8. The Morgan fingerprint density at radius 2 is 1.96 bits per heavy atom. The van der Waals surface area contributed by atoms with Crippen molar-refractivity contribution in [1.82, 2.24) is 9.62 Å². The fourth-order valence-corrected chi connectivity index (χ4v) is 4.35. The van der Waals surface area contributed by atoms with Crippen LogP contribution in [-0.4, -0.2) is 38.3 Å². The highest BCUT2D eigenvalue weighted by Gasteiger charge is 2.28. The second kappa shape index (κ2) is 8.12. The summed E-state index contributed by atoms with van der Waals surface area (Å²) in [5, 5.41) is 2.86. The molecule has 0 saturated carbocycles. The van der Waals surface area contributed by atoms with Gasteiger partial charge >= 0.3 is 0 Å². The molecule has 1 fully saturated rings. The predicted molar refractivity (Wildman–Crippen MR) is 95.6 cm³/mol. The molecule has 0 aliphatic carbocycles. The Balaban J connectivity index is 2.21. The Morgan fingerprint density at radius 3 is 2.58 bits per heavy atom. The fraction of sp³-hybridized carbons (Fsp3) is 0.611. The first-order valence-corrected chi connectivity index (χ1v) is 10.2. The number of sulfonamides is 1. The largest absolute Gasteiger partial charge is 0.352 e. The zero-order chi connectivity index (χ0) is 17.7. The topological polar surface area (TPSA) is 66.5 Å². The lowest BCUT2D eigenvalue weighted by Gasteiger charge is -2.29. The first kappa shape index (κ1) is 18.9. The van der Waals surface area contributed by atoms with Crippen molar-refractivity contribution in [3.05, 3.63) is 29.3 Å². The number of nitrogens with one attached hydrogen (secondary N) is 1. The van der Waals surface area contributed by atoms with Crippen molar-refractivity contribution in [2.75, 3.05) is 19.6 Å². The fourth-order valence-electron chi connectivity index (χ4n) is 2.85. The molecule has 0 aromatic heterocycles. The molecule has 24 heavy (non-hydrogen) atoms. The van der Waals surface area contributed by atoms with Crippen molar-refractivity contribution < 1.29 is 13.2 Å². The second-order valence-electron chi connectivity index (χ2n) is 6.67. The number of benzene rings is 1. The zero-order valence-electron chi connectivity index (χ0n) is 14.8. The Kier molecular flexibility index (Phi) is 6.40. The summed E-state index contributed by atoms with van der Waals surface area (Å²) in [5.41, 5.74) is 1.23. The summed E-state index contributed by atoms with van der Waals surface area (Å²) >= 11 is 0. The van der Waals surface area contributed by atoms with E-state index in [0.717, 1.165) is 31.2 Å². The molecule has 1 saturated heterocycles. The summed E-state index contributed by atoms with van der Waals surface area (Å²) in [6, 6.07) is 4.84. The molecule has 0 radical (unpaired) electrons. The van der Waals surface area contributed by atoms with E-state index in [9.17, 15) is 13.2 Å². The van der Waals surface area contributed by atoms with Crippen LogP contribution in [0, 0.1) is 12.8 Å². The van der Waals surface area contributed by atoms with Crippen LogP contribution in [0.4, 0.5) is 0 Å².